The molecule has 184 valence electrons. The first-order valence-electron chi connectivity index (χ1n) is 12.7. The smallest absolute Gasteiger partial charge is 0.161 e. The number of phenolic OH excluding ortho intramolecular Hbond substituents is 1. The van der Waals surface area contributed by atoms with Gasteiger partial charge in [-0.3, -0.25) is 4.90 Å². The molecule has 0 radical (unpaired) electrons. The molecule has 1 fully saturated rings. The molecular weight excluding hydrogens is 428 g/mol. The fourth-order valence-electron chi connectivity index (χ4n) is 6.59. The van der Waals surface area contributed by atoms with Crippen LogP contribution in [-0.2, 0) is 12.8 Å². The van der Waals surface area contributed by atoms with Gasteiger partial charge in [0, 0.05) is 25.2 Å². The van der Waals surface area contributed by atoms with Crippen molar-refractivity contribution in [3.05, 3.63) is 46.5 Å². The molecule has 2 aromatic carbocycles. The van der Waals surface area contributed by atoms with E-state index in [2.05, 4.69) is 29.3 Å². The van der Waals surface area contributed by atoms with Crippen molar-refractivity contribution in [1.82, 2.24) is 10.2 Å². The molecule has 0 unspecified atom stereocenters. The molecule has 3 heterocycles. The molecule has 6 heteroatoms. The van der Waals surface area contributed by atoms with E-state index in [-0.39, 0.29) is 11.8 Å². The maximum absolute atomic E-state index is 10.3. The highest BCUT2D eigenvalue weighted by molar-refractivity contribution is 5.50. The summed E-state index contributed by atoms with van der Waals surface area (Å²) in [5, 5.41) is 14.1. The SMILES string of the molecule is CC[C@H]1CN2CCc3cc(OC)c(OC)cc3[C@@H]2C[C@@H]1C[C@@H]1NCCc2cc(O)c(OC)cc21. The summed E-state index contributed by atoms with van der Waals surface area (Å²) in [4.78, 5) is 2.70. The Kier molecular flexibility index (Phi) is 6.63. The first kappa shape index (κ1) is 23.3. The lowest BCUT2D eigenvalue weighted by Crippen LogP contribution is -2.46. The van der Waals surface area contributed by atoms with E-state index in [1.165, 1.54) is 28.7 Å². The summed E-state index contributed by atoms with van der Waals surface area (Å²) in [6.07, 6.45) is 5.46. The number of hydrogen-bond donors (Lipinski definition) is 2. The van der Waals surface area contributed by atoms with Crippen LogP contribution in [-0.4, -0.2) is 51.0 Å². The first-order chi connectivity index (χ1) is 16.6. The van der Waals surface area contributed by atoms with Gasteiger partial charge in [0.1, 0.15) is 0 Å². The summed E-state index contributed by atoms with van der Waals surface area (Å²) in [5.41, 5.74) is 5.34. The number of hydrogen-bond acceptors (Lipinski definition) is 6. The molecular formula is C28H38N2O4. The molecule has 2 N–H and O–H groups in total. The van der Waals surface area contributed by atoms with Gasteiger partial charge in [-0.1, -0.05) is 13.3 Å². The average Bonchev–Trinajstić information content (AvgIpc) is 2.87. The second-order valence-electron chi connectivity index (χ2n) is 10.0. The summed E-state index contributed by atoms with van der Waals surface area (Å²) in [6, 6.07) is 9.06. The number of aromatic hydroxyl groups is 1. The summed E-state index contributed by atoms with van der Waals surface area (Å²) in [7, 11) is 5.06. The van der Waals surface area contributed by atoms with Crippen molar-refractivity contribution in [3.63, 3.8) is 0 Å². The quantitative estimate of drug-likeness (QED) is 0.647. The Labute approximate surface area is 203 Å². The van der Waals surface area contributed by atoms with Crippen molar-refractivity contribution in [2.75, 3.05) is 41.0 Å². The minimum atomic E-state index is 0.241. The number of nitrogens with zero attached hydrogens (tertiary/aromatic N) is 1. The minimum Gasteiger partial charge on any atom is -0.504 e. The largest absolute Gasteiger partial charge is 0.504 e. The fraction of sp³-hybridized carbons (Fsp3) is 0.571. The van der Waals surface area contributed by atoms with Crippen molar-refractivity contribution in [3.8, 4) is 23.0 Å². The van der Waals surface area contributed by atoms with Crippen LogP contribution < -0.4 is 19.5 Å². The fourth-order valence-corrected chi connectivity index (χ4v) is 6.59. The number of fused-ring (bicyclic) bond motifs is 4. The monoisotopic (exact) mass is 466 g/mol. The normalized spacial score (nSPS) is 26.2. The van der Waals surface area contributed by atoms with Crippen molar-refractivity contribution < 1.29 is 19.3 Å². The molecule has 34 heavy (non-hydrogen) atoms. The zero-order valence-corrected chi connectivity index (χ0v) is 20.9. The number of ether oxygens (including phenoxy) is 3. The Morgan fingerprint density at radius 1 is 0.912 bits per heavy atom. The highest BCUT2D eigenvalue weighted by Gasteiger charge is 2.40. The van der Waals surface area contributed by atoms with Crippen LogP contribution in [0.3, 0.4) is 0 Å². The van der Waals surface area contributed by atoms with Gasteiger partial charge in [0.25, 0.3) is 0 Å². The molecule has 0 saturated carbocycles. The van der Waals surface area contributed by atoms with Gasteiger partial charge in [-0.25, -0.2) is 0 Å². The molecule has 0 aromatic heterocycles. The van der Waals surface area contributed by atoms with Crippen LogP contribution in [0.4, 0.5) is 0 Å². The third kappa shape index (κ3) is 4.11. The van der Waals surface area contributed by atoms with E-state index in [0.717, 1.165) is 56.8 Å². The predicted molar refractivity (Wildman–Crippen MR) is 133 cm³/mol. The van der Waals surface area contributed by atoms with Gasteiger partial charge >= 0.3 is 0 Å². The summed E-state index contributed by atoms with van der Waals surface area (Å²) >= 11 is 0. The first-order valence-corrected chi connectivity index (χ1v) is 12.7. The third-order valence-corrected chi connectivity index (χ3v) is 8.44. The van der Waals surface area contributed by atoms with Gasteiger partial charge in [0.15, 0.2) is 23.0 Å². The van der Waals surface area contributed by atoms with Crippen LogP contribution in [0.15, 0.2) is 24.3 Å². The standard InChI is InChI=1S/C28H38N2O4/c1-5-17-16-30-9-7-19-13-27(33-3)28(34-4)15-22(19)24(30)11-20(17)10-23-21-14-26(32-2)25(31)12-18(21)6-8-29-23/h12-15,17,20,23-24,29,31H,5-11,16H2,1-4H3/t17-,20-,23-,24-/m0/s1. The number of phenols is 1. The van der Waals surface area contributed by atoms with Gasteiger partial charge in [0.2, 0.25) is 0 Å². The minimum absolute atomic E-state index is 0.241. The van der Waals surface area contributed by atoms with Crippen molar-refractivity contribution in [2.24, 2.45) is 11.8 Å². The molecule has 5 rings (SSSR count). The summed E-state index contributed by atoms with van der Waals surface area (Å²) in [6.45, 7) is 5.55. The number of methoxy groups -OCH3 is 3. The third-order valence-electron chi connectivity index (χ3n) is 8.44. The molecule has 0 amide bonds. The van der Waals surface area contributed by atoms with E-state index in [1.54, 1.807) is 21.3 Å². The Hall–Kier alpha value is -2.44. The Balaban J connectivity index is 1.43. The highest BCUT2D eigenvalue weighted by atomic mass is 16.5. The lowest BCUT2D eigenvalue weighted by molar-refractivity contribution is 0.0434. The zero-order chi connectivity index (χ0) is 23.8. The van der Waals surface area contributed by atoms with Crippen molar-refractivity contribution in [2.45, 2.75) is 51.1 Å². The molecule has 6 nitrogen and oxygen atoms in total. The topological polar surface area (TPSA) is 63.2 Å². The number of piperidine rings is 1. The molecule has 2 aromatic rings. The zero-order valence-electron chi connectivity index (χ0n) is 20.9. The average molecular weight is 467 g/mol. The Bertz CT molecular complexity index is 1040. The molecule has 1 saturated heterocycles. The number of benzene rings is 2. The van der Waals surface area contributed by atoms with Crippen LogP contribution in [0, 0.1) is 11.8 Å². The Morgan fingerprint density at radius 2 is 1.62 bits per heavy atom. The number of nitrogens with one attached hydrogen (secondary N) is 1. The van der Waals surface area contributed by atoms with Gasteiger partial charge in [-0.2, -0.15) is 0 Å². The van der Waals surface area contributed by atoms with E-state index in [1.807, 2.05) is 12.1 Å². The lowest BCUT2D eigenvalue weighted by Gasteiger charge is -2.48. The summed E-state index contributed by atoms with van der Waals surface area (Å²) < 4.78 is 16.7. The van der Waals surface area contributed by atoms with Gasteiger partial charge in [0.05, 0.1) is 21.3 Å². The molecule has 0 aliphatic carbocycles. The second-order valence-corrected chi connectivity index (χ2v) is 10.0. The van der Waals surface area contributed by atoms with Gasteiger partial charge in [-0.15, -0.1) is 0 Å². The van der Waals surface area contributed by atoms with Crippen molar-refractivity contribution >= 4 is 0 Å². The molecule has 0 bridgehead atoms. The number of rotatable bonds is 6. The van der Waals surface area contributed by atoms with E-state index >= 15 is 0 Å². The van der Waals surface area contributed by atoms with E-state index in [9.17, 15) is 5.11 Å². The Morgan fingerprint density at radius 3 is 2.35 bits per heavy atom. The van der Waals surface area contributed by atoms with E-state index < -0.39 is 0 Å². The molecule has 4 atom stereocenters. The van der Waals surface area contributed by atoms with Crippen LogP contribution in [0.5, 0.6) is 23.0 Å². The maximum atomic E-state index is 10.3. The van der Waals surface area contributed by atoms with Gasteiger partial charge < -0.3 is 24.6 Å². The van der Waals surface area contributed by atoms with Crippen LogP contribution in [0.2, 0.25) is 0 Å². The summed E-state index contributed by atoms with van der Waals surface area (Å²) in [5.74, 6) is 3.76. The highest BCUT2D eigenvalue weighted by Crippen LogP contribution is 2.47. The van der Waals surface area contributed by atoms with Gasteiger partial charge in [-0.05, 0) is 90.6 Å². The van der Waals surface area contributed by atoms with Crippen molar-refractivity contribution in [1.29, 1.82) is 0 Å². The molecule has 0 spiro atoms. The molecule has 3 aliphatic rings. The maximum Gasteiger partial charge on any atom is 0.161 e. The van der Waals surface area contributed by atoms with E-state index in [0.29, 0.717) is 23.6 Å². The van der Waals surface area contributed by atoms with Crippen LogP contribution in [0.25, 0.3) is 0 Å². The van der Waals surface area contributed by atoms with Crippen LogP contribution in [0.1, 0.15) is 60.5 Å². The van der Waals surface area contributed by atoms with E-state index in [4.69, 9.17) is 14.2 Å². The second kappa shape index (κ2) is 9.67. The van der Waals surface area contributed by atoms with Crippen LogP contribution >= 0.6 is 0 Å². The predicted octanol–water partition coefficient (Wildman–Crippen LogP) is 4.64. The lowest BCUT2D eigenvalue weighted by atomic mass is 9.72. The molecule has 3 aliphatic heterocycles.